The number of rotatable bonds is 1. The van der Waals surface area contributed by atoms with E-state index in [1.807, 2.05) is 5.43 Å². The summed E-state index contributed by atoms with van der Waals surface area (Å²) in [7, 11) is 1.45. The first-order chi connectivity index (χ1) is 4.16. The number of nitrogens with zero attached hydrogens (tertiary/aromatic N) is 1. The minimum atomic E-state index is -0.702. The Morgan fingerprint density at radius 2 is 2.33 bits per heavy atom. The number of hydrazone groups is 1. The minimum absolute atomic E-state index is 0.355. The number of ether oxygens (including phenoxy) is 1. The molecular weight excluding hydrogens is 122 g/mol. The fourth-order valence-corrected chi connectivity index (χ4v) is 0.179. The molecule has 0 fully saturated rings. The van der Waals surface area contributed by atoms with E-state index in [-0.39, 0.29) is 0 Å². The van der Waals surface area contributed by atoms with E-state index in [1.165, 1.54) is 7.11 Å². The van der Waals surface area contributed by atoms with Gasteiger partial charge in [0.15, 0.2) is 0 Å². The Morgan fingerprint density at radius 1 is 1.78 bits per heavy atom. The van der Waals surface area contributed by atoms with Gasteiger partial charge in [-0.2, -0.15) is 0 Å². The Hall–Kier alpha value is -1.26. The Morgan fingerprint density at radius 3 is 2.67 bits per heavy atom. The van der Waals surface area contributed by atoms with Crippen molar-refractivity contribution in [1.29, 1.82) is 0 Å². The summed E-state index contributed by atoms with van der Waals surface area (Å²) in [6, 6.07) is -0.702. The van der Waals surface area contributed by atoms with Crippen molar-refractivity contribution in [1.82, 2.24) is 5.43 Å². The number of amides is 2. The van der Waals surface area contributed by atoms with Gasteiger partial charge in [-0.05, 0) is 0 Å². The molecule has 0 rings (SSSR count). The summed E-state index contributed by atoms with van der Waals surface area (Å²) >= 11 is 0. The normalized spacial score (nSPS) is 10.7. The molecule has 0 unspecified atom stereocenters. The molecule has 0 atom stereocenters. The third kappa shape index (κ3) is 4.60. The second-order valence-corrected chi connectivity index (χ2v) is 1.31. The van der Waals surface area contributed by atoms with Gasteiger partial charge >= 0.3 is 6.03 Å². The van der Waals surface area contributed by atoms with Crippen LogP contribution in [0, 0.1) is 0 Å². The summed E-state index contributed by atoms with van der Waals surface area (Å²) in [6.07, 6.45) is 0. The topological polar surface area (TPSA) is 76.7 Å². The lowest BCUT2D eigenvalue weighted by Gasteiger charge is -1.95. The largest absolute Gasteiger partial charge is 0.483 e. The van der Waals surface area contributed by atoms with Crippen molar-refractivity contribution in [2.75, 3.05) is 7.11 Å². The Labute approximate surface area is 52.9 Å². The first-order valence-electron chi connectivity index (χ1n) is 2.30. The average molecular weight is 131 g/mol. The molecule has 0 saturated heterocycles. The molecule has 2 amide bonds. The van der Waals surface area contributed by atoms with Crippen molar-refractivity contribution in [3.63, 3.8) is 0 Å². The van der Waals surface area contributed by atoms with Crippen LogP contribution in [0.4, 0.5) is 4.79 Å². The van der Waals surface area contributed by atoms with Gasteiger partial charge in [-0.15, -0.1) is 5.10 Å². The molecule has 0 bridgehead atoms. The average Bonchev–Trinajstić information content (AvgIpc) is 1.83. The number of nitrogens with one attached hydrogen (secondary N) is 1. The number of carbonyl (C=O) groups excluding carboxylic acids is 1. The van der Waals surface area contributed by atoms with Gasteiger partial charge in [0.2, 0.25) is 5.90 Å². The van der Waals surface area contributed by atoms with Crippen LogP contribution in [-0.4, -0.2) is 19.0 Å². The van der Waals surface area contributed by atoms with Gasteiger partial charge in [0.25, 0.3) is 0 Å². The number of methoxy groups -OCH3 is 1. The van der Waals surface area contributed by atoms with Crippen LogP contribution in [0.1, 0.15) is 6.92 Å². The van der Waals surface area contributed by atoms with Crippen LogP contribution in [0.2, 0.25) is 0 Å². The van der Waals surface area contributed by atoms with Crippen molar-refractivity contribution in [3.05, 3.63) is 0 Å². The van der Waals surface area contributed by atoms with Gasteiger partial charge in [0, 0.05) is 6.92 Å². The summed E-state index contributed by atoms with van der Waals surface area (Å²) in [5, 5.41) is 3.41. The van der Waals surface area contributed by atoms with Crippen LogP contribution in [0.5, 0.6) is 0 Å². The van der Waals surface area contributed by atoms with E-state index in [0.717, 1.165) is 0 Å². The zero-order valence-corrected chi connectivity index (χ0v) is 5.34. The lowest BCUT2D eigenvalue weighted by molar-refractivity contribution is 0.249. The molecule has 0 aliphatic carbocycles. The summed E-state index contributed by atoms with van der Waals surface area (Å²) in [5.41, 5.74) is 6.68. The summed E-state index contributed by atoms with van der Waals surface area (Å²) < 4.78 is 4.58. The Balaban J connectivity index is 3.56. The number of urea groups is 1. The van der Waals surface area contributed by atoms with Crippen molar-refractivity contribution in [2.24, 2.45) is 10.8 Å². The third-order valence-corrected chi connectivity index (χ3v) is 0.619. The second kappa shape index (κ2) is 3.71. The molecule has 0 aromatic rings. The van der Waals surface area contributed by atoms with Crippen molar-refractivity contribution < 1.29 is 9.53 Å². The van der Waals surface area contributed by atoms with Crippen LogP contribution < -0.4 is 11.2 Å². The molecule has 0 saturated carbocycles. The Bertz CT molecular complexity index is 132. The minimum Gasteiger partial charge on any atom is -0.483 e. The highest BCUT2D eigenvalue weighted by Gasteiger charge is 1.87. The Kier molecular flexibility index (Phi) is 3.19. The number of carbonyl (C=O) groups is 1. The van der Waals surface area contributed by atoms with Crippen LogP contribution in [0.15, 0.2) is 5.10 Å². The van der Waals surface area contributed by atoms with Gasteiger partial charge in [-0.3, -0.25) is 0 Å². The fraction of sp³-hybridized carbons (Fsp3) is 0.500. The smallest absolute Gasteiger partial charge is 0.332 e. The summed E-state index contributed by atoms with van der Waals surface area (Å²) in [6.45, 7) is 1.59. The molecule has 0 spiro atoms. The van der Waals surface area contributed by atoms with Gasteiger partial charge in [-0.25, -0.2) is 10.2 Å². The van der Waals surface area contributed by atoms with Crippen LogP contribution >= 0.6 is 0 Å². The molecule has 5 heteroatoms. The maximum Gasteiger partial charge on any atom is 0.332 e. The van der Waals surface area contributed by atoms with E-state index in [0.29, 0.717) is 5.90 Å². The van der Waals surface area contributed by atoms with E-state index < -0.39 is 6.03 Å². The maximum atomic E-state index is 9.97. The molecule has 0 heterocycles. The van der Waals surface area contributed by atoms with Gasteiger partial charge in [0.1, 0.15) is 0 Å². The highest BCUT2D eigenvalue weighted by molar-refractivity contribution is 5.77. The summed E-state index contributed by atoms with van der Waals surface area (Å²) in [4.78, 5) is 9.97. The second-order valence-electron chi connectivity index (χ2n) is 1.31. The van der Waals surface area contributed by atoms with E-state index in [4.69, 9.17) is 0 Å². The van der Waals surface area contributed by atoms with Crippen molar-refractivity contribution >= 4 is 11.9 Å². The molecule has 9 heavy (non-hydrogen) atoms. The first-order valence-corrected chi connectivity index (χ1v) is 2.30. The number of primary amides is 1. The third-order valence-electron chi connectivity index (χ3n) is 0.619. The maximum absolute atomic E-state index is 9.97. The number of hydrogen-bond donors (Lipinski definition) is 2. The van der Waals surface area contributed by atoms with E-state index in [2.05, 4.69) is 15.6 Å². The molecule has 52 valence electrons. The van der Waals surface area contributed by atoms with E-state index in [9.17, 15) is 4.79 Å². The molecule has 5 nitrogen and oxygen atoms in total. The predicted octanol–water partition coefficient (Wildman–Crippen LogP) is -0.366. The quantitative estimate of drug-likeness (QED) is 0.289. The van der Waals surface area contributed by atoms with Gasteiger partial charge in [0.05, 0.1) is 7.11 Å². The standard InChI is InChI=1S/C4H9N3O2/c1-3(9-2)6-7-4(5)8/h1-2H3,(H3,5,7,8). The molecule has 3 N–H and O–H groups in total. The van der Waals surface area contributed by atoms with Crippen LogP contribution in [-0.2, 0) is 4.74 Å². The fourth-order valence-electron chi connectivity index (χ4n) is 0.179. The predicted molar refractivity (Wildman–Crippen MR) is 32.8 cm³/mol. The SMILES string of the molecule is COC(C)=NNC(N)=O. The molecular formula is C4H9N3O2. The monoisotopic (exact) mass is 131 g/mol. The lowest BCUT2D eigenvalue weighted by atomic mass is 10.8. The summed E-state index contributed by atoms with van der Waals surface area (Å²) in [5.74, 6) is 0.355. The highest BCUT2D eigenvalue weighted by atomic mass is 16.5. The molecule has 0 aliphatic rings. The van der Waals surface area contributed by atoms with E-state index in [1.54, 1.807) is 6.92 Å². The van der Waals surface area contributed by atoms with Crippen LogP contribution in [0.25, 0.3) is 0 Å². The molecule has 0 aromatic heterocycles. The molecule has 0 aliphatic heterocycles. The van der Waals surface area contributed by atoms with Crippen molar-refractivity contribution in [2.45, 2.75) is 6.92 Å². The highest BCUT2D eigenvalue weighted by Crippen LogP contribution is 1.72. The number of nitrogens with two attached hydrogens (primary N) is 1. The zero-order chi connectivity index (χ0) is 7.28. The van der Waals surface area contributed by atoms with Crippen LogP contribution in [0.3, 0.4) is 0 Å². The number of hydrogen-bond acceptors (Lipinski definition) is 3. The lowest BCUT2D eigenvalue weighted by Crippen LogP contribution is -2.25. The van der Waals surface area contributed by atoms with Gasteiger partial charge < -0.3 is 10.5 Å². The first kappa shape index (κ1) is 7.74. The van der Waals surface area contributed by atoms with Crippen molar-refractivity contribution in [3.8, 4) is 0 Å². The molecule has 0 aromatic carbocycles. The van der Waals surface area contributed by atoms with Gasteiger partial charge in [-0.1, -0.05) is 0 Å². The van der Waals surface area contributed by atoms with E-state index >= 15 is 0 Å². The zero-order valence-electron chi connectivity index (χ0n) is 5.34. The molecule has 0 radical (unpaired) electrons.